The van der Waals surface area contributed by atoms with Gasteiger partial charge in [0, 0.05) is 24.5 Å². The van der Waals surface area contributed by atoms with Gasteiger partial charge in [0.05, 0.1) is 7.11 Å². The number of ether oxygens (including phenoxy) is 3. The number of amides is 1. The predicted octanol–water partition coefficient (Wildman–Crippen LogP) is 3.89. The fourth-order valence-electron chi connectivity index (χ4n) is 3.35. The van der Waals surface area contributed by atoms with E-state index in [9.17, 15) is 9.59 Å². The first kappa shape index (κ1) is 22.2. The highest BCUT2D eigenvalue weighted by Crippen LogP contribution is 2.28. The minimum atomic E-state index is -0.640. The molecule has 1 fully saturated rings. The first-order valence-corrected chi connectivity index (χ1v) is 10.3. The highest BCUT2D eigenvalue weighted by Gasteiger charge is 2.13. The first-order valence-electron chi connectivity index (χ1n) is 10.3. The lowest BCUT2D eigenvalue weighted by Crippen LogP contribution is -2.23. The molecule has 164 valence electrons. The second-order valence-electron chi connectivity index (χ2n) is 7.15. The third-order valence-electron chi connectivity index (χ3n) is 4.88. The normalized spacial score (nSPS) is 13.3. The van der Waals surface area contributed by atoms with Crippen LogP contribution in [0.1, 0.15) is 25.3 Å². The van der Waals surface area contributed by atoms with Crippen molar-refractivity contribution in [2.24, 2.45) is 0 Å². The number of hydrogen-bond donors (Lipinski definition) is 1. The summed E-state index contributed by atoms with van der Waals surface area (Å²) in [6.07, 6.45) is 6.27. The molecular weight excluding hydrogens is 396 g/mol. The number of nitrogens with zero attached hydrogens (tertiary/aromatic N) is 1. The maximum Gasteiger partial charge on any atom is 0.344 e. The molecule has 1 saturated heterocycles. The van der Waals surface area contributed by atoms with E-state index >= 15 is 0 Å². The van der Waals surface area contributed by atoms with Crippen molar-refractivity contribution in [3.8, 4) is 11.5 Å². The number of methoxy groups -OCH3 is 1. The Bertz CT molecular complexity index is 918. The Kier molecular flexibility index (Phi) is 7.92. The number of rotatable bonds is 9. The summed E-state index contributed by atoms with van der Waals surface area (Å²) < 4.78 is 15.8. The van der Waals surface area contributed by atoms with Crippen LogP contribution in [0.2, 0.25) is 0 Å². The van der Waals surface area contributed by atoms with Gasteiger partial charge in [-0.2, -0.15) is 0 Å². The van der Waals surface area contributed by atoms with Gasteiger partial charge in [0.1, 0.15) is 0 Å². The lowest BCUT2D eigenvalue weighted by molar-refractivity contribution is -0.149. The van der Waals surface area contributed by atoms with E-state index in [1.54, 1.807) is 6.07 Å². The van der Waals surface area contributed by atoms with Gasteiger partial charge in [-0.1, -0.05) is 18.2 Å². The smallest absolute Gasteiger partial charge is 0.344 e. The molecule has 0 unspecified atom stereocenters. The van der Waals surface area contributed by atoms with Crippen LogP contribution in [0.15, 0.2) is 48.5 Å². The Balaban J connectivity index is 1.42. The Hall–Kier alpha value is -3.48. The van der Waals surface area contributed by atoms with Crippen LogP contribution in [0.25, 0.3) is 6.08 Å². The van der Waals surface area contributed by atoms with Crippen molar-refractivity contribution in [3.05, 3.63) is 54.1 Å². The highest BCUT2D eigenvalue weighted by atomic mass is 16.6. The average Bonchev–Trinajstić information content (AvgIpc) is 3.32. The monoisotopic (exact) mass is 424 g/mol. The zero-order valence-electron chi connectivity index (χ0n) is 17.9. The van der Waals surface area contributed by atoms with E-state index in [1.165, 1.54) is 20.0 Å². The molecule has 0 aliphatic carbocycles. The Morgan fingerprint density at radius 2 is 1.77 bits per heavy atom. The maximum absolute atomic E-state index is 12.1. The Labute approximate surface area is 182 Å². The van der Waals surface area contributed by atoms with Crippen molar-refractivity contribution >= 4 is 29.3 Å². The zero-order chi connectivity index (χ0) is 22.1. The molecule has 7 nitrogen and oxygen atoms in total. The van der Waals surface area contributed by atoms with Gasteiger partial charge < -0.3 is 24.4 Å². The van der Waals surface area contributed by atoms with Crippen molar-refractivity contribution < 1.29 is 23.8 Å². The number of benzene rings is 2. The third kappa shape index (κ3) is 6.50. The van der Waals surface area contributed by atoms with Crippen LogP contribution >= 0.6 is 0 Å². The number of carbonyl (C=O) groups is 2. The van der Waals surface area contributed by atoms with E-state index in [4.69, 9.17) is 14.2 Å². The van der Waals surface area contributed by atoms with Crippen molar-refractivity contribution in [2.45, 2.75) is 19.8 Å². The lowest BCUT2D eigenvalue weighted by Gasteiger charge is -2.17. The SMILES string of the molecule is C/C=C/c1ccc(OCC(=O)OCC(=O)Nc2ccc(N3CCCC3)cc2)c(OC)c1. The molecule has 7 heteroatoms. The number of anilines is 2. The number of allylic oxidation sites excluding steroid dienone is 1. The van der Waals surface area contributed by atoms with Gasteiger partial charge in [-0.05, 0) is 61.7 Å². The molecule has 1 heterocycles. The van der Waals surface area contributed by atoms with E-state index < -0.39 is 11.9 Å². The second kappa shape index (κ2) is 11.1. The number of carbonyl (C=O) groups excluding carboxylic acids is 2. The lowest BCUT2D eigenvalue weighted by atomic mass is 10.2. The number of nitrogens with one attached hydrogen (secondary N) is 1. The average molecular weight is 424 g/mol. The molecule has 0 saturated carbocycles. The first-order chi connectivity index (χ1) is 15.1. The van der Waals surface area contributed by atoms with E-state index in [2.05, 4.69) is 10.2 Å². The minimum absolute atomic E-state index is 0.322. The van der Waals surface area contributed by atoms with Crippen molar-refractivity contribution in [1.29, 1.82) is 0 Å². The molecule has 31 heavy (non-hydrogen) atoms. The Morgan fingerprint density at radius 3 is 2.45 bits per heavy atom. The molecule has 1 aliphatic heterocycles. The molecule has 0 atom stereocenters. The molecular formula is C24H28N2O5. The number of esters is 1. The van der Waals surface area contributed by atoms with Gasteiger partial charge in [-0.3, -0.25) is 4.79 Å². The van der Waals surface area contributed by atoms with Crippen LogP contribution in [0.4, 0.5) is 11.4 Å². The summed E-state index contributed by atoms with van der Waals surface area (Å²) in [7, 11) is 1.53. The van der Waals surface area contributed by atoms with Crippen molar-refractivity contribution in [1.82, 2.24) is 0 Å². The molecule has 1 amide bonds. The topological polar surface area (TPSA) is 77.1 Å². The van der Waals surface area contributed by atoms with Crippen molar-refractivity contribution in [3.63, 3.8) is 0 Å². The molecule has 0 bridgehead atoms. The van der Waals surface area contributed by atoms with Crippen molar-refractivity contribution in [2.75, 3.05) is 43.6 Å². The molecule has 0 aromatic heterocycles. The van der Waals surface area contributed by atoms with Crippen LogP contribution in [-0.2, 0) is 14.3 Å². The van der Waals surface area contributed by atoms with Gasteiger partial charge in [-0.25, -0.2) is 4.79 Å². The summed E-state index contributed by atoms with van der Waals surface area (Å²) in [6, 6.07) is 13.0. The molecule has 1 aliphatic rings. The molecule has 2 aromatic rings. The van der Waals surface area contributed by atoms with Gasteiger partial charge in [0.25, 0.3) is 5.91 Å². The molecule has 2 aromatic carbocycles. The van der Waals surface area contributed by atoms with E-state index in [0.717, 1.165) is 24.3 Å². The summed E-state index contributed by atoms with van der Waals surface area (Å²) in [5.74, 6) is -0.108. The largest absolute Gasteiger partial charge is 0.493 e. The van der Waals surface area contributed by atoms with Gasteiger partial charge in [0.15, 0.2) is 24.7 Å². The highest BCUT2D eigenvalue weighted by molar-refractivity contribution is 5.93. The summed E-state index contributed by atoms with van der Waals surface area (Å²) in [5.41, 5.74) is 2.76. The van der Waals surface area contributed by atoms with Crippen LogP contribution in [0.3, 0.4) is 0 Å². The third-order valence-corrected chi connectivity index (χ3v) is 4.88. The van der Waals surface area contributed by atoms with Crippen LogP contribution in [-0.4, -0.2) is 45.3 Å². The van der Waals surface area contributed by atoms with Crippen LogP contribution < -0.4 is 19.7 Å². The quantitative estimate of drug-likeness (QED) is 0.616. The second-order valence-corrected chi connectivity index (χ2v) is 7.15. The molecule has 1 N–H and O–H groups in total. The van der Waals surface area contributed by atoms with Crippen LogP contribution in [0.5, 0.6) is 11.5 Å². The summed E-state index contributed by atoms with van der Waals surface area (Å²) in [4.78, 5) is 26.3. The van der Waals surface area contributed by atoms with Gasteiger partial charge >= 0.3 is 5.97 Å². The fraction of sp³-hybridized carbons (Fsp3) is 0.333. The molecule has 3 rings (SSSR count). The fourth-order valence-corrected chi connectivity index (χ4v) is 3.35. The Morgan fingerprint density at radius 1 is 1.03 bits per heavy atom. The predicted molar refractivity (Wildman–Crippen MR) is 121 cm³/mol. The minimum Gasteiger partial charge on any atom is -0.493 e. The van der Waals surface area contributed by atoms with Gasteiger partial charge in [0.2, 0.25) is 0 Å². The van der Waals surface area contributed by atoms with E-state index in [0.29, 0.717) is 17.2 Å². The van der Waals surface area contributed by atoms with Gasteiger partial charge in [-0.15, -0.1) is 0 Å². The van der Waals surface area contributed by atoms with E-state index in [1.807, 2.05) is 55.5 Å². The number of hydrogen-bond acceptors (Lipinski definition) is 6. The summed E-state index contributed by atoms with van der Waals surface area (Å²) in [5, 5.41) is 2.72. The van der Waals surface area contributed by atoms with Crippen LogP contribution in [0, 0.1) is 0 Å². The van der Waals surface area contributed by atoms with E-state index in [-0.39, 0.29) is 13.2 Å². The maximum atomic E-state index is 12.1. The molecule has 0 spiro atoms. The standard InChI is InChI=1S/C24H28N2O5/c1-3-6-18-7-12-21(22(15-18)29-2)30-17-24(28)31-16-23(27)25-19-8-10-20(11-9-19)26-13-4-5-14-26/h3,6-12,15H,4-5,13-14,16-17H2,1-2H3,(H,25,27)/b6-3+. The zero-order valence-corrected chi connectivity index (χ0v) is 17.9. The summed E-state index contributed by atoms with van der Waals surface area (Å²) in [6.45, 7) is 3.35. The molecule has 0 radical (unpaired) electrons. The summed E-state index contributed by atoms with van der Waals surface area (Å²) >= 11 is 0.